The monoisotopic (exact) mass is 434 g/mol. The predicted octanol–water partition coefficient (Wildman–Crippen LogP) is 4.74. The second kappa shape index (κ2) is 8.53. The standard InChI is InChI=1S/C24H16ClFN2O3/c25-19-10-4-6-12-21(19)28-23(30)18(22(29)27-24(28)31)14-16-8-2-1-7-15(16)13-17-9-3-5-11-20(17)26/h1-12,14H,13H2,(H,27,29,31)/b18-14+. The molecule has 3 aromatic carbocycles. The quantitative estimate of drug-likeness (QED) is 0.476. The SMILES string of the molecule is O=C1NC(=O)N(c2ccccc2Cl)C(=O)/C1=C/c1ccccc1Cc1ccccc1F. The molecule has 5 nitrogen and oxygen atoms in total. The van der Waals surface area contributed by atoms with Crippen LogP contribution in [0.3, 0.4) is 0 Å². The molecule has 0 radical (unpaired) electrons. The van der Waals surface area contributed by atoms with Gasteiger partial charge in [-0.25, -0.2) is 14.1 Å². The molecule has 0 bridgehead atoms. The maximum Gasteiger partial charge on any atom is 0.335 e. The van der Waals surface area contributed by atoms with Crippen LogP contribution in [-0.4, -0.2) is 17.8 Å². The number of para-hydroxylation sites is 1. The first kappa shape index (κ1) is 20.5. The molecule has 1 aliphatic rings. The highest BCUT2D eigenvalue weighted by Gasteiger charge is 2.37. The number of hydrogen-bond donors (Lipinski definition) is 1. The largest absolute Gasteiger partial charge is 0.335 e. The topological polar surface area (TPSA) is 66.5 Å². The number of carbonyl (C=O) groups excluding carboxylic acids is 3. The molecule has 1 N–H and O–H groups in total. The lowest BCUT2D eigenvalue weighted by Crippen LogP contribution is -2.54. The summed E-state index contributed by atoms with van der Waals surface area (Å²) in [7, 11) is 0. The van der Waals surface area contributed by atoms with Crippen LogP contribution in [0.25, 0.3) is 6.08 Å². The van der Waals surface area contributed by atoms with Crippen LogP contribution >= 0.6 is 11.6 Å². The van der Waals surface area contributed by atoms with E-state index in [0.717, 1.165) is 10.5 Å². The van der Waals surface area contributed by atoms with E-state index in [9.17, 15) is 18.8 Å². The van der Waals surface area contributed by atoms with Crippen LogP contribution < -0.4 is 10.2 Å². The number of hydrogen-bond acceptors (Lipinski definition) is 3. The molecule has 7 heteroatoms. The fraction of sp³-hybridized carbons (Fsp3) is 0.0417. The molecule has 1 fully saturated rings. The Bertz CT molecular complexity index is 1240. The van der Waals surface area contributed by atoms with Crippen molar-refractivity contribution in [3.63, 3.8) is 0 Å². The van der Waals surface area contributed by atoms with Crippen molar-refractivity contribution >= 4 is 41.2 Å². The molecule has 0 atom stereocenters. The van der Waals surface area contributed by atoms with Crippen LogP contribution in [0.15, 0.2) is 78.4 Å². The van der Waals surface area contributed by atoms with E-state index < -0.39 is 17.8 Å². The molecule has 1 saturated heterocycles. The summed E-state index contributed by atoms with van der Waals surface area (Å²) in [5.74, 6) is -1.94. The van der Waals surface area contributed by atoms with Gasteiger partial charge in [-0.1, -0.05) is 66.2 Å². The summed E-state index contributed by atoms with van der Waals surface area (Å²) in [6, 6.07) is 18.9. The van der Waals surface area contributed by atoms with Gasteiger partial charge in [0.15, 0.2) is 0 Å². The zero-order valence-electron chi connectivity index (χ0n) is 16.1. The number of amides is 4. The number of nitrogens with one attached hydrogen (secondary N) is 1. The van der Waals surface area contributed by atoms with Gasteiger partial charge in [0.05, 0.1) is 10.7 Å². The summed E-state index contributed by atoms with van der Waals surface area (Å²) >= 11 is 6.15. The minimum Gasteiger partial charge on any atom is -0.273 e. The summed E-state index contributed by atoms with van der Waals surface area (Å²) in [5, 5.41) is 2.37. The van der Waals surface area contributed by atoms with Crippen LogP contribution in [0.5, 0.6) is 0 Å². The van der Waals surface area contributed by atoms with Gasteiger partial charge in [0.2, 0.25) is 0 Å². The minimum atomic E-state index is -0.875. The summed E-state index contributed by atoms with van der Waals surface area (Å²) in [6.07, 6.45) is 1.68. The summed E-state index contributed by atoms with van der Waals surface area (Å²) in [5.41, 5.74) is 1.73. The van der Waals surface area contributed by atoms with E-state index in [2.05, 4.69) is 5.32 Å². The normalized spacial score (nSPS) is 15.4. The van der Waals surface area contributed by atoms with Gasteiger partial charge in [0, 0.05) is 6.42 Å². The van der Waals surface area contributed by atoms with Gasteiger partial charge in [-0.3, -0.25) is 14.9 Å². The number of halogens is 2. The first-order valence-electron chi connectivity index (χ1n) is 9.43. The number of benzene rings is 3. The highest BCUT2D eigenvalue weighted by Crippen LogP contribution is 2.29. The predicted molar refractivity (Wildman–Crippen MR) is 116 cm³/mol. The van der Waals surface area contributed by atoms with Crippen molar-refractivity contribution in [1.29, 1.82) is 0 Å². The van der Waals surface area contributed by atoms with Crippen LogP contribution in [-0.2, 0) is 16.0 Å². The van der Waals surface area contributed by atoms with E-state index >= 15 is 0 Å². The molecule has 4 rings (SSSR count). The molecule has 154 valence electrons. The number of anilines is 1. The highest BCUT2D eigenvalue weighted by atomic mass is 35.5. The fourth-order valence-corrected chi connectivity index (χ4v) is 3.57. The maximum absolute atomic E-state index is 14.1. The number of nitrogens with zero attached hydrogens (tertiary/aromatic N) is 1. The van der Waals surface area contributed by atoms with Gasteiger partial charge < -0.3 is 0 Å². The van der Waals surface area contributed by atoms with Crippen molar-refractivity contribution in [2.45, 2.75) is 6.42 Å². The lowest BCUT2D eigenvalue weighted by Gasteiger charge is -2.27. The highest BCUT2D eigenvalue weighted by molar-refractivity contribution is 6.42. The van der Waals surface area contributed by atoms with Crippen molar-refractivity contribution in [1.82, 2.24) is 5.32 Å². The Morgan fingerprint density at radius 3 is 2.26 bits per heavy atom. The van der Waals surface area contributed by atoms with Crippen LogP contribution in [0.2, 0.25) is 5.02 Å². The third-order valence-electron chi connectivity index (χ3n) is 4.89. The number of rotatable bonds is 4. The lowest BCUT2D eigenvalue weighted by molar-refractivity contribution is -0.122. The van der Waals surface area contributed by atoms with Crippen LogP contribution in [0, 0.1) is 5.82 Å². The van der Waals surface area contributed by atoms with E-state index in [0.29, 0.717) is 11.1 Å². The number of barbiturate groups is 1. The van der Waals surface area contributed by atoms with Gasteiger partial charge in [0.1, 0.15) is 11.4 Å². The molecular formula is C24H16ClFN2O3. The fourth-order valence-electron chi connectivity index (χ4n) is 3.35. The van der Waals surface area contributed by atoms with Crippen molar-refractivity contribution in [3.05, 3.63) is 106 Å². The average molecular weight is 435 g/mol. The average Bonchev–Trinajstić information content (AvgIpc) is 2.75. The Morgan fingerprint density at radius 2 is 1.52 bits per heavy atom. The molecule has 0 aliphatic carbocycles. The lowest BCUT2D eigenvalue weighted by atomic mass is 9.97. The first-order valence-corrected chi connectivity index (χ1v) is 9.81. The molecule has 0 saturated carbocycles. The molecule has 4 amide bonds. The van der Waals surface area contributed by atoms with Crippen LogP contribution in [0.1, 0.15) is 16.7 Å². The molecule has 1 heterocycles. The first-order chi connectivity index (χ1) is 15.0. The number of urea groups is 1. The van der Waals surface area contributed by atoms with Crippen molar-refractivity contribution in [3.8, 4) is 0 Å². The molecule has 3 aromatic rings. The molecular weight excluding hydrogens is 419 g/mol. The van der Waals surface area contributed by atoms with E-state index in [1.807, 2.05) is 0 Å². The molecule has 1 aliphatic heterocycles. The van der Waals surface area contributed by atoms with Crippen molar-refractivity contribution < 1.29 is 18.8 Å². The second-order valence-electron chi connectivity index (χ2n) is 6.88. The summed E-state index contributed by atoms with van der Waals surface area (Å²) in [6.45, 7) is 0. The Labute approximate surface area is 182 Å². The molecule has 0 unspecified atom stereocenters. The second-order valence-corrected chi connectivity index (χ2v) is 7.28. The van der Waals surface area contributed by atoms with E-state index in [1.54, 1.807) is 60.7 Å². The van der Waals surface area contributed by atoms with E-state index in [-0.39, 0.29) is 28.5 Å². The Balaban J connectivity index is 1.74. The minimum absolute atomic E-state index is 0.171. The zero-order valence-corrected chi connectivity index (χ0v) is 16.9. The Morgan fingerprint density at radius 1 is 0.871 bits per heavy atom. The van der Waals surface area contributed by atoms with Gasteiger partial charge in [-0.15, -0.1) is 0 Å². The zero-order chi connectivity index (χ0) is 22.0. The van der Waals surface area contributed by atoms with Crippen LogP contribution in [0.4, 0.5) is 14.9 Å². The van der Waals surface area contributed by atoms with E-state index in [1.165, 1.54) is 18.2 Å². The van der Waals surface area contributed by atoms with Gasteiger partial charge >= 0.3 is 6.03 Å². The summed E-state index contributed by atoms with van der Waals surface area (Å²) < 4.78 is 14.1. The van der Waals surface area contributed by atoms with Gasteiger partial charge in [0.25, 0.3) is 11.8 Å². The molecule has 0 aromatic heterocycles. The Kier molecular flexibility index (Phi) is 5.64. The van der Waals surface area contributed by atoms with Gasteiger partial charge in [-0.2, -0.15) is 0 Å². The summed E-state index contributed by atoms with van der Waals surface area (Å²) in [4.78, 5) is 38.7. The molecule has 0 spiro atoms. The number of carbonyl (C=O) groups is 3. The number of imide groups is 2. The molecule has 31 heavy (non-hydrogen) atoms. The smallest absolute Gasteiger partial charge is 0.273 e. The third kappa shape index (κ3) is 4.11. The van der Waals surface area contributed by atoms with Crippen molar-refractivity contribution in [2.24, 2.45) is 0 Å². The Hall–Kier alpha value is -3.77. The third-order valence-corrected chi connectivity index (χ3v) is 5.21. The van der Waals surface area contributed by atoms with Crippen molar-refractivity contribution in [2.75, 3.05) is 4.90 Å². The van der Waals surface area contributed by atoms with E-state index in [4.69, 9.17) is 11.6 Å². The maximum atomic E-state index is 14.1. The van der Waals surface area contributed by atoms with Gasteiger partial charge in [-0.05, 0) is 41.0 Å².